The molecule has 0 spiro atoms. The van der Waals surface area contributed by atoms with E-state index in [0.717, 1.165) is 17.0 Å². The summed E-state index contributed by atoms with van der Waals surface area (Å²) in [5, 5.41) is 0. The van der Waals surface area contributed by atoms with Crippen molar-refractivity contribution in [2.45, 2.75) is 6.54 Å². The Kier molecular flexibility index (Phi) is 3.75. The molecule has 0 unspecified atom stereocenters. The second kappa shape index (κ2) is 5.69. The molecule has 0 saturated heterocycles. The molecule has 5 heteroatoms. The quantitative estimate of drug-likeness (QED) is 0.866. The van der Waals surface area contributed by atoms with E-state index in [1.807, 2.05) is 24.3 Å². The minimum Gasteiger partial charge on any atom is -0.491 e. The molecular weight excluding hydrogens is 287 g/mol. The number of halogens is 1. The number of benzene rings is 2. The van der Waals surface area contributed by atoms with Gasteiger partial charge in [0.25, 0.3) is 0 Å². The molecule has 108 valence electrons. The molecule has 0 aliphatic carbocycles. The second-order valence-electron chi connectivity index (χ2n) is 4.90. The third kappa shape index (κ3) is 2.83. The van der Waals surface area contributed by atoms with Crippen LogP contribution in [-0.2, 0) is 6.54 Å². The van der Waals surface area contributed by atoms with E-state index in [4.69, 9.17) is 22.7 Å². The molecule has 0 amide bonds. The molecule has 0 radical (unpaired) electrons. The smallest absolute Gasteiger partial charge is 0.124 e. The van der Waals surface area contributed by atoms with Crippen molar-refractivity contribution in [3.05, 3.63) is 59.4 Å². The van der Waals surface area contributed by atoms with Crippen molar-refractivity contribution in [3.63, 3.8) is 0 Å². The fourth-order valence-corrected chi connectivity index (χ4v) is 2.68. The summed E-state index contributed by atoms with van der Waals surface area (Å²) in [6.07, 6.45) is 0. The number of nitrogens with zero attached hydrogens (tertiary/aromatic N) is 1. The van der Waals surface area contributed by atoms with Crippen molar-refractivity contribution in [2.75, 3.05) is 18.1 Å². The second-order valence-corrected chi connectivity index (χ2v) is 5.34. The molecule has 2 aromatic carbocycles. The van der Waals surface area contributed by atoms with Gasteiger partial charge in [0, 0.05) is 23.4 Å². The van der Waals surface area contributed by atoms with Gasteiger partial charge in [-0.1, -0.05) is 30.4 Å². The lowest BCUT2D eigenvalue weighted by Crippen LogP contribution is -2.28. The molecule has 0 saturated carbocycles. The molecule has 21 heavy (non-hydrogen) atoms. The first-order valence-electron chi connectivity index (χ1n) is 6.70. The van der Waals surface area contributed by atoms with Gasteiger partial charge < -0.3 is 15.4 Å². The molecule has 1 aliphatic heterocycles. The van der Waals surface area contributed by atoms with Crippen molar-refractivity contribution in [3.8, 4) is 5.75 Å². The van der Waals surface area contributed by atoms with Crippen LogP contribution in [0.5, 0.6) is 5.75 Å². The van der Waals surface area contributed by atoms with Gasteiger partial charge in [-0.05, 0) is 24.3 Å². The van der Waals surface area contributed by atoms with Gasteiger partial charge in [0.05, 0.1) is 6.54 Å². The minimum absolute atomic E-state index is 0.197. The Morgan fingerprint density at radius 3 is 2.86 bits per heavy atom. The van der Waals surface area contributed by atoms with E-state index >= 15 is 0 Å². The van der Waals surface area contributed by atoms with Gasteiger partial charge in [-0.3, -0.25) is 0 Å². The van der Waals surface area contributed by atoms with Gasteiger partial charge in [0.15, 0.2) is 0 Å². The zero-order valence-corrected chi connectivity index (χ0v) is 12.2. The van der Waals surface area contributed by atoms with Crippen molar-refractivity contribution < 1.29 is 9.13 Å². The van der Waals surface area contributed by atoms with Crippen LogP contribution in [0.4, 0.5) is 10.1 Å². The first-order valence-corrected chi connectivity index (χ1v) is 7.11. The van der Waals surface area contributed by atoms with Crippen LogP contribution in [-0.4, -0.2) is 18.1 Å². The van der Waals surface area contributed by atoms with E-state index in [1.165, 1.54) is 12.1 Å². The third-order valence-electron chi connectivity index (χ3n) is 3.52. The molecule has 0 aromatic heterocycles. The van der Waals surface area contributed by atoms with Crippen molar-refractivity contribution in [2.24, 2.45) is 5.73 Å². The summed E-state index contributed by atoms with van der Waals surface area (Å²) >= 11 is 5.04. The Balaban J connectivity index is 2.00. The zero-order chi connectivity index (χ0) is 14.8. The highest BCUT2D eigenvalue weighted by molar-refractivity contribution is 7.80. The maximum Gasteiger partial charge on any atom is 0.124 e. The molecule has 0 atom stereocenters. The van der Waals surface area contributed by atoms with Crippen molar-refractivity contribution in [1.82, 2.24) is 0 Å². The Hall–Kier alpha value is -2.14. The minimum atomic E-state index is -0.340. The van der Waals surface area contributed by atoms with Crippen LogP contribution in [0, 0.1) is 5.82 Å². The van der Waals surface area contributed by atoms with E-state index in [0.29, 0.717) is 25.3 Å². The van der Waals surface area contributed by atoms with Gasteiger partial charge in [0.1, 0.15) is 23.2 Å². The summed E-state index contributed by atoms with van der Waals surface area (Å²) < 4.78 is 19.2. The molecule has 3 rings (SSSR count). The third-order valence-corrected chi connectivity index (χ3v) is 3.74. The summed E-state index contributed by atoms with van der Waals surface area (Å²) in [6, 6.07) is 12.4. The molecule has 1 heterocycles. The summed E-state index contributed by atoms with van der Waals surface area (Å²) in [5.74, 6) is 0.548. The van der Waals surface area contributed by atoms with Crippen LogP contribution < -0.4 is 15.4 Å². The average Bonchev–Trinajstić information content (AvgIpc) is 2.69. The number of para-hydroxylation sites is 1. The number of ether oxygens (including phenoxy) is 1. The first-order chi connectivity index (χ1) is 10.1. The van der Waals surface area contributed by atoms with Gasteiger partial charge >= 0.3 is 0 Å². The highest BCUT2D eigenvalue weighted by Gasteiger charge is 2.19. The van der Waals surface area contributed by atoms with Gasteiger partial charge in [-0.2, -0.15) is 0 Å². The summed E-state index contributed by atoms with van der Waals surface area (Å²) in [5.41, 5.74) is 8.22. The lowest BCUT2D eigenvalue weighted by atomic mass is 10.1. The Bertz CT molecular complexity index is 690. The molecular formula is C16H15FN2OS. The van der Waals surface area contributed by atoms with E-state index in [9.17, 15) is 4.39 Å². The van der Waals surface area contributed by atoms with Crippen LogP contribution in [0.25, 0.3) is 0 Å². The molecule has 3 nitrogen and oxygen atoms in total. The zero-order valence-electron chi connectivity index (χ0n) is 11.4. The summed E-state index contributed by atoms with van der Waals surface area (Å²) in [6.45, 7) is 1.93. The van der Waals surface area contributed by atoms with Crippen LogP contribution >= 0.6 is 12.2 Å². The Labute approximate surface area is 128 Å². The SMILES string of the molecule is NC(=S)c1cc(F)ccc1N1CCOc2ccccc2C1. The van der Waals surface area contributed by atoms with Gasteiger partial charge in [0.2, 0.25) is 0 Å². The van der Waals surface area contributed by atoms with E-state index in [1.54, 1.807) is 6.07 Å². The van der Waals surface area contributed by atoms with E-state index in [2.05, 4.69) is 4.90 Å². The normalized spacial score (nSPS) is 14.0. The maximum atomic E-state index is 13.4. The lowest BCUT2D eigenvalue weighted by Gasteiger charge is -2.24. The van der Waals surface area contributed by atoms with Crippen LogP contribution in [0.2, 0.25) is 0 Å². The number of fused-ring (bicyclic) bond motifs is 1. The number of nitrogens with two attached hydrogens (primary N) is 1. The highest BCUT2D eigenvalue weighted by Crippen LogP contribution is 2.28. The predicted molar refractivity (Wildman–Crippen MR) is 85.3 cm³/mol. The molecule has 1 aliphatic rings. The summed E-state index contributed by atoms with van der Waals surface area (Å²) in [7, 11) is 0. The average molecular weight is 302 g/mol. The molecule has 2 N–H and O–H groups in total. The summed E-state index contributed by atoms with van der Waals surface area (Å²) in [4.78, 5) is 2.31. The van der Waals surface area contributed by atoms with Gasteiger partial charge in [-0.15, -0.1) is 0 Å². The van der Waals surface area contributed by atoms with Crippen molar-refractivity contribution in [1.29, 1.82) is 0 Å². The Morgan fingerprint density at radius 1 is 1.24 bits per heavy atom. The molecule has 0 bridgehead atoms. The number of hydrogen-bond acceptors (Lipinski definition) is 3. The van der Waals surface area contributed by atoms with Crippen LogP contribution in [0.1, 0.15) is 11.1 Å². The number of anilines is 1. The fourth-order valence-electron chi connectivity index (χ4n) is 2.51. The standard InChI is InChI=1S/C16H15FN2OS/c17-12-5-6-14(13(9-12)16(18)21)19-7-8-20-15-4-2-1-3-11(15)10-19/h1-6,9H,7-8,10H2,(H2,18,21). The van der Waals surface area contributed by atoms with Crippen LogP contribution in [0.3, 0.4) is 0 Å². The number of thiocarbonyl (C=S) groups is 1. The lowest BCUT2D eigenvalue weighted by molar-refractivity contribution is 0.331. The van der Waals surface area contributed by atoms with E-state index < -0.39 is 0 Å². The van der Waals surface area contributed by atoms with Crippen LogP contribution in [0.15, 0.2) is 42.5 Å². The topological polar surface area (TPSA) is 38.5 Å². The maximum absolute atomic E-state index is 13.4. The number of rotatable bonds is 2. The molecule has 2 aromatic rings. The Morgan fingerprint density at radius 2 is 2.05 bits per heavy atom. The first kappa shape index (κ1) is 13.8. The number of hydrogen-bond donors (Lipinski definition) is 1. The van der Waals surface area contributed by atoms with Gasteiger partial charge in [-0.25, -0.2) is 4.39 Å². The van der Waals surface area contributed by atoms with Crippen molar-refractivity contribution >= 4 is 22.9 Å². The van der Waals surface area contributed by atoms with E-state index in [-0.39, 0.29) is 10.8 Å². The highest BCUT2D eigenvalue weighted by atomic mass is 32.1. The monoisotopic (exact) mass is 302 g/mol. The molecule has 0 fully saturated rings. The largest absolute Gasteiger partial charge is 0.491 e. The predicted octanol–water partition coefficient (Wildman–Crippen LogP) is 2.86. The fraction of sp³-hybridized carbons (Fsp3) is 0.188.